The van der Waals surface area contributed by atoms with E-state index in [1.54, 1.807) is 0 Å². The molecule has 0 saturated heterocycles. The van der Waals surface area contributed by atoms with E-state index in [1.165, 1.54) is 32.1 Å². The van der Waals surface area contributed by atoms with Crippen molar-refractivity contribution in [1.82, 2.24) is 0 Å². The van der Waals surface area contributed by atoms with Crippen LogP contribution >= 0.6 is 28.1 Å². The standard InChI is InChI=1S/C15H22BrNOS/c1-2-3-4-5-6-7-10-18-14-9-8-12(16)11-13(14)15(17)19/h8-9,11H,2-7,10H2,1H3,(H2,17,19). The highest BCUT2D eigenvalue weighted by Crippen LogP contribution is 2.23. The van der Waals surface area contributed by atoms with Crippen LogP contribution in [-0.2, 0) is 0 Å². The Labute approximate surface area is 129 Å². The molecule has 0 fully saturated rings. The van der Waals surface area contributed by atoms with Gasteiger partial charge >= 0.3 is 0 Å². The molecule has 0 saturated carbocycles. The monoisotopic (exact) mass is 343 g/mol. The zero-order valence-electron chi connectivity index (χ0n) is 11.5. The van der Waals surface area contributed by atoms with Crippen molar-refractivity contribution in [1.29, 1.82) is 0 Å². The highest BCUT2D eigenvalue weighted by Gasteiger charge is 2.07. The van der Waals surface area contributed by atoms with Crippen LogP contribution in [0.1, 0.15) is 51.0 Å². The minimum absolute atomic E-state index is 0.374. The molecule has 0 atom stereocenters. The first-order valence-corrected chi connectivity index (χ1v) is 8.07. The maximum absolute atomic E-state index is 5.77. The summed E-state index contributed by atoms with van der Waals surface area (Å²) in [4.78, 5) is 0.374. The van der Waals surface area contributed by atoms with Crippen LogP contribution in [0.15, 0.2) is 22.7 Å². The molecule has 0 aliphatic rings. The van der Waals surface area contributed by atoms with Crippen LogP contribution in [0.2, 0.25) is 0 Å². The Hall–Kier alpha value is -0.610. The highest BCUT2D eigenvalue weighted by molar-refractivity contribution is 9.10. The summed E-state index contributed by atoms with van der Waals surface area (Å²) >= 11 is 8.45. The quantitative estimate of drug-likeness (QED) is 0.515. The van der Waals surface area contributed by atoms with Crippen LogP contribution < -0.4 is 10.5 Å². The van der Waals surface area contributed by atoms with Gasteiger partial charge in [0.2, 0.25) is 0 Å². The molecule has 0 amide bonds. The van der Waals surface area contributed by atoms with Gasteiger partial charge in [-0.1, -0.05) is 67.2 Å². The molecule has 1 rings (SSSR count). The topological polar surface area (TPSA) is 35.2 Å². The van der Waals surface area contributed by atoms with Gasteiger partial charge in [-0.05, 0) is 24.6 Å². The molecule has 0 aliphatic carbocycles. The smallest absolute Gasteiger partial charge is 0.129 e. The van der Waals surface area contributed by atoms with Crippen molar-refractivity contribution in [2.45, 2.75) is 45.4 Å². The lowest BCUT2D eigenvalue weighted by atomic mass is 10.1. The number of rotatable bonds is 9. The van der Waals surface area contributed by atoms with Gasteiger partial charge in [-0.25, -0.2) is 0 Å². The summed E-state index contributed by atoms with van der Waals surface area (Å²) < 4.78 is 6.73. The van der Waals surface area contributed by atoms with Crippen LogP contribution in [0.4, 0.5) is 0 Å². The van der Waals surface area contributed by atoms with Crippen molar-refractivity contribution in [2.75, 3.05) is 6.61 Å². The number of ether oxygens (including phenoxy) is 1. The summed E-state index contributed by atoms with van der Waals surface area (Å²) in [5, 5.41) is 0. The molecule has 19 heavy (non-hydrogen) atoms. The van der Waals surface area contributed by atoms with E-state index in [-0.39, 0.29) is 0 Å². The molecular weight excluding hydrogens is 322 g/mol. The molecule has 0 bridgehead atoms. The van der Waals surface area contributed by atoms with Crippen molar-refractivity contribution in [2.24, 2.45) is 5.73 Å². The summed E-state index contributed by atoms with van der Waals surface area (Å²) in [6, 6.07) is 5.76. The fourth-order valence-electron chi connectivity index (χ4n) is 1.89. The molecule has 2 nitrogen and oxygen atoms in total. The molecular formula is C15H22BrNOS. The second-order valence-electron chi connectivity index (χ2n) is 4.62. The molecule has 0 aliphatic heterocycles. The van der Waals surface area contributed by atoms with Crippen LogP contribution in [-0.4, -0.2) is 11.6 Å². The van der Waals surface area contributed by atoms with Crippen molar-refractivity contribution in [3.05, 3.63) is 28.2 Å². The summed E-state index contributed by atoms with van der Waals surface area (Å²) in [5.74, 6) is 0.782. The van der Waals surface area contributed by atoms with Crippen molar-refractivity contribution in [3.8, 4) is 5.75 Å². The van der Waals surface area contributed by atoms with E-state index in [2.05, 4.69) is 22.9 Å². The average molecular weight is 344 g/mol. The number of halogens is 1. The average Bonchev–Trinajstić information content (AvgIpc) is 2.39. The minimum atomic E-state index is 0.374. The molecule has 4 heteroatoms. The lowest BCUT2D eigenvalue weighted by Crippen LogP contribution is -2.12. The number of hydrogen-bond acceptors (Lipinski definition) is 2. The molecule has 1 aromatic carbocycles. The van der Waals surface area contributed by atoms with E-state index >= 15 is 0 Å². The van der Waals surface area contributed by atoms with E-state index in [4.69, 9.17) is 22.7 Å². The first-order chi connectivity index (χ1) is 9.15. The third kappa shape index (κ3) is 6.39. The molecule has 0 radical (unpaired) electrons. The minimum Gasteiger partial charge on any atom is -0.493 e. The zero-order valence-corrected chi connectivity index (χ0v) is 13.9. The van der Waals surface area contributed by atoms with Crippen molar-refractivity contribution < 1.29 is 4.74 Å². The molecule has 0 spiro atoms. The van der Waals surface area contributed by atoms with Gasteiger partial charge in [0.25, 0.3) is 0 Å². The largest absolute Gasteiger partial charge is 0.493 e. The second kappa shape index (κ2) is 9.32. The van der Waals surface area contributed by atoms with E-state index in [9.17, 15) is 0 Å². The molecule has 0 heterocycles. The van der Waals surface area contributed by atoms with E-state index in [1.807, 2.05) is 18.2 Å². The molecule has 0 unspecified atom stereocenters. The van der Waals surface area contributed by atoms with Crippen LogP contribution in [0.25, 0.3) is 0 Å². The molecule has 2 N–H and O–H groups in total. The lowest BCUT2D eigenvalue weighted by Gasteiger charge is -2.11. The first-order valence-electron chi connectivity index (χ1n) is 6.87. The van der Waals surface area contributed by atoms with Gasteiger partial charge < -0.3 is 10.5 Å². The lowest BCUT2D eigenvalue weighted by molar-refractivity contribution is 0.304. The third-order valence-corrected chi connectivity index (χ3v) is 3.68. The van der Waals surface area contributed by atoms with Crippen molar-refractivity contribution >= 4 is 33.1 Å². The summed E-state index contributed by atoms with van der Waals surface area (Å²) in [7, 11) is 0. The Morgan fingerprint density at radius 3 is 2.58 bits per heavy atom. The maximum Gasteiger partial charge on any atom is 0.129 e. The van der Waals surface area contributed by atoms with E-state index in [0.29, 0.717) is 4.99 Å². The van der Waals surface area contributed by atoms with Gasteiger partial charge in [0.1, 0.15) is 10.7 Å². The Morgan fingerprint density at radius 1 is 1.21 bits per heavy atom. The Kier molecular flexibility index (Phi) is 8.07. The fourth-order valence-corrected chi connectivity index (χ4v) is 2.41. The van der Waals surface area contributed by atoms with Crippen LogP contribution in [0.3, 0.4) is 0 Å². The summed E-state index contributed by atoms with van der Waals surface area (Å²) in [6.45, 7) is 2.96. The van der Waals surface area contributed by atoms with E-state index in [0.717, 1.165) is 28.8 Å². The SMILES string of the molecule is CCCCCCCCOc1ccc(Br)cc1C(N)=S. The number of hydrogen-bond donors (Lipinski definition) is 1. The first kappa shape index (κ1) is 16.4. The van der Waals surface area contributed by atoms with Crippen LogP contribution in [0.5, 0.6) is 5.75 Å². The predicted octanol–water partition coefficient (Wildman–Crippen LogP) is 4.82. The third-order valence-electron chi connectivity index (χ3n) is 2.96. The maximum atomic E-state index is 5.77. The number of benzene rings is 1. The summed E-state index contributed by atoms with van der Waals surface area (Å²) in [5.41, 5.74) is 6.50. The predicted molar refractivity (Wildman–Crippen MR) is 88.9 cm³/mol. The number of unbranched alkanes of at least 4 members (excludes halogenated alkanes) is 5. The zero-order chi connectivity index (χ0) is 14.1. The van der Waals surface area contributed by atoms with Gasteiger partial charge in [-0.2, -0.15) is 0 Å². The Morgan fingerprint density at radius 2 is 1.89 bits per heavy atom. The normalized spacial score (nSPS) is 10.4. The van der Waals surface area contributed by atoms with Gasteiger partial charge in [0.05, 0.1) is 12.2 Å². The Bertz CT molecular complexity index is 409. The summed E-state index contributed by atoms with van der Waals surface area (Å²) in [6.07, 6.45) is 7.54. The number of thiocarbonyl (C=S) groups is 1. The Balaban J connectivity index is 2.35. The highest BCUT2D eigenvalue weighted by atomic mass is 79.9. The van der Waals surface area contributed by atoms with Crippen molar-refractivity contribution in [3.63, 3.8) is 0 Å². The molecule has 1 aromatic rings. The van der Waals surface area contributed by atoms with Gasteiger partial charge in [0, 0.05) is 4.47 Å². The van der Waals surface area contributed by atoms with Gasteiger partial charge in [-0.3, -0.25) is 0 Å². The van der Waals surface area contributed by atoms with Gasteiger partial charge in [0.15, 0.2) is 0 Å². The molecule has 0 aromatic heterocycles. The van der Waals surface area contributed by atoms with E-state index < -0.39 is 0 Å². The fraction of sp³-hybridized carbons (Fsp3) is 0.533. The molecule has 106 valence electrons. The second-order valence-corrected chi connectivity index (χ2v) is 5.98. The van der Waals surface area contributed by atoms with Gasteiger partial charge in [-0.15, -0.1) is 0 Å². The van der Waals surface area contributed by atoms with Crippen LogP contribution in [0, 0.1) is 0 Å². The number of nitrogens with two attached hydrogens (primary N) is 1.